The average Bonchev–Trinajstić information content (AvgIpc) is 2.53. The minimum atomic E-state index is -0.166. The van der Waals surface area contributed by atoms with Crippen molar-refractivity contribution in [2.24, 2.45) is 0 Å². The summed E-state index contributed by atoms with van der Waals surface area (Å²) in [5.74, 6) is 0.569. The van der Waals surface area contributed by atoms with Crippen molar-refractivity contribution >= 4 is 11.7 Å². The van der Waals surface area contributed by atoms with Gasteiger partial charge in [-0.1, -0.05) is 19.3 Å². The van der Waals surface area contributed by atoms with E-state index in [-0.39, 0.29) is 5.91 Å². The Balaban J connectivity index is 1.85. The summed E-state index contributed by atoms with van der Waals surface area (Å²) >= 11 is 0. The molecule has 6 nitrogen and oxygen atoms in total. The van der Waals surface area contributed by atoms with Crippen molar-refractivity contribution in [3.05, 3.63) is 18.1 Å². The van der Waals surface area contributed by atoms with Gasteiger partial charge in [0.2, 0.25) is 0 Å². The second kappa shape index (κ2) is 8.56. The Morgan fingerprint density at radius 2 is 2.14 bits per heavy atom. The highest BCUT2D eigenvalue weighted by Crippen LogP contribution is 2.20. The predicted molar refractivity (Wildman–Crippen MR) is 81.4 cm³/mol. The van der Waals surface area contributed by atoms with Gasteiger partial charge in [-0.05, 0) is 19.3 Å². The van der Waals surface area contributed by atoms with Crippen molar-refractivity contribution in [3.63, 3.8) is 0 Å². The molecule has 21 heavy (non-hydrogen) atoms. The molecule has 1 heterocycles. The van der Waals surface area contributed by atoms with Crippen LogP contribution in [0.5, 0.6) is 0 Å². The fraction of sp³-hybridized carbons (Fsp3) is 0.667. The SMILES string of the molecule is COCCCNC(=O)c1cc(NC2CCCCC2)ncn1. The quantitative estimate of drug-likeness (QED) is 0.752. The molecule has 0 unspecified atom stereocenters. The van der Waals surface area contributed by atoms with Gasteiger partial charge in [0.25, 0.3) is 5.91 Å². The molecule has 1 saturated carbocycles. The van der Waals surface area contributed by atoms with Crippen LogP contribution in [0.15, 0.2) is 12.4 Å². The van der Waals surface area contributed by atoms with E-state index in [0.29, 0.717) is 24.9 Å². The number of nitrogens with one attached hydrogen (secondary N) is 2. The molecule has 1 aliphatic carbocycles. The van der Waals surface area contributed by atoms with Crippen molar-refractivity contribution < 1.29 is 9.53 Å². The molecule has 116 valence electrons. The highest BCUT2D eigenvalue weighted by molar-refractivity contribution is 5.92. The first-order valence-corrected chi connectivity index (χ1v) is 7.65. The molecule has 1 aromatic heterocycles. The first-order valence-electron chi connectivity index (χ1n) is 7.65. The van der Waals surface area contributed by atoms with Crippen LogP contribution in [0.3, 0.4) is 0 Å². The van der Waals surface area contributed by atoms with Gasteiger partial charge in [0.1, 0.15) is 17.8 Å². The summed E-state index contributed by atoms with van der Waals surface area (Å²) in [6, 6.07) is 2.19. The third-order valence-corrected chi connectivity index (χ3v) is 3.67. The maximum Gasteiger partial charge on any atom is 0.270 e. The molecule has 0 aliphatic heterocycles. The number of hydrogen-bond donors (Lipinski definition) is 2. The lowest BCUT2D eigenvalue weighted by Crippen LogP contribution is -2.27. The minimum Gasteiger partial charge on any atom is -0.385 e. The monoisotopic (exact) mass is 292 g/mol. The maximum absolute atomic E-state index is 12.0. The highest BCUT2D eigenvalue weighted by Gasteiger charge is 2.14. The Kier molecular flexibility index (Phi) is 6.40. The van der Waals surface area contributed by atoms with Crippen LogP contribution in [0.1, 0.15) is 49.0 Å². The number of ether oxygens (including phenoxy) is 1. The second-order valence-corrected chi connectivity index (χ2v) is 5.37. The molecule has 1 fully saturated rings. The van der Waals surface area contributed by atoms with E-state index in [1.807, 2.05) is 0 Å². The molecule has 0 radical (unpaired) electrons. The fourth-order valence-electron chi connectivity index (χ4n) is 2.53. The van der Waals surface area contributed by atoms with Crippen LogP contribution in [-0.4, -0.2) is 42.2 Å². The van der Waals surface area contributed by atoms with Gasteiger partial charge >= 0.3 is 0 Å². The smallest absolute Gasteiger partial charge is 0.270 e. The van der Waals surface area contributed by atoms with E-state index in [1.54, 1.807) is 13.2 Å². The summed E-state index contributed by atoms with van der Waals surface area (Å²) in [4.78, 5) is 20.2. The maximum atomic E-state index is 12.0. The van der Waals surface area contributed by atoms with Crippen molar-refractivity contribution in [2.75, 3.05) is 25.6 Å². The molecule has 0 saturated heterocycles. The average molecular weight is 292 g/mol. The second-order valence-electron chi connectivity index (χ2n) is 5.37. The van der Waals surface area contributed by atoms with Crippen LogP contribution in [0.2, 0.25) is 0 Å². The van der Waals surface area contributed by atoms with E-state index in [1.165, 1.54) is 38.4 Å². The summed E-state index contributed by atoms with van der Waals surface area (Å²) in [5, 5.41) is 6.23. The van der Waals surface area contributed by atoms with E-state index in [4.69, 9.17) is 4.74 Å². The van der Waals surface area contributed by atoms with Gasteiger partial charge < -0.3 is 15.4 Å². The molecule has 0 bridgehead atoms. The molecule has 2 rings (SSSR count). The standard InChI is InChI=1S/C15H24N4O2/c1-21-9-5-8-16-15(20)13-10-14(18-11-17-13)19-12-6-3-2-4-7-12/h10-12H,2-9H2,1H3,(H,16,20)(H,17,18,19). The number of carbonyl (C=O) groups excluding carboxylic acids is 1. The Labute approximate surface area is 125 Å². The number of hydrogen-bond acceptors (Lipinski definition) is 5. The molecule has 0 spiro atoms. The van der Waals surface area contributed by atoms with E-state index >= 15 is 0 Å². The lowest BCUT2D eigenvalue weighted by atomic mass is 9.95. The van der Waals surface area contributed by atoms with E-state index in [9.17, 15) is 4.79 Å². The third-order valence-electron chi connectivity index (χ3n) is 3.67. The zero-order valence-electron chi connectivity index (χ0n) is 12.6. The highest BCUT2D eigenvalue weighted by atomic mass is 16.5. The molecule has 2 N–H and O–H groups in total. The van der Waals surface area contributed by atoms with Gasteiger partial charge in [-0.25, -0.2) is 9.97 Å². The van der Waals surface area contributed by atoms with Crippen LogP contribution in [0.4, 0.5) is 5.82 Å². The fourth-order valence-corrected chi connectivity index (χ4v) is 2.53. The van der Waals surface area contributed by atoms with Crippen LogP contribution < -0.4 is 10.6 Å². The molecule has 6 heteroatoms. The van der Waals surface area contributed by atoms with Crippen molar-refractivity contribution in [1.82, 2.24) is 15.3 Å². The zero-order valence-corrected chi connectivity index (χ0v) is 12.6. The van der Waals surface area contributed by atoms with Gasteiger partial charge in [-0.2, -0.15) is 0 Å². The number of rotatable bonds is 7. The molecule has 1 aliphatic rings. The molecule has 1 amide bonds. The van der Waals surface area contributed by atoms with E-state index < -0.39 is 0 Å². The summed E-state index contributed by atoms with van der Waals surface area (Å²) in [5.41, 5.74) is 0.403. The van der Waals surface area contributed by atoms with Crippen LogP contribution in [0, 0.1) is 0 Å². The van der Waals surface area contributed by atoms with Gasteiger partial charge in [0.15, 0.2) is 0 Å². The first-order chi connectivity index (χ1) is 10.3. The number of nitrogens with zero attached hydrogens (tertiary/aromatic N) is 2. The first kappa shape index (κ1) is 15.7. The number of methoxy groups -OCH3 is 1. The zero-order chi connectivity index (χ0) is 14.9. The van der Waals surface area contributed by atoms with Crippen LogP contribution >= 0.6 is 0 Å². The van der Waals surface area contributed by atoms with E-state index in [2.05, 4.69) is 20.6 Å². The topological polar surface area (TPSA) is 76.1 Å². The number of amides is 1. The minimum absolute atomic E-state index is 0.166. The normalized spacial score (nSPS) is 15.7. The van der Waals surface area contributed by atoms with Crippen LogP contribution in [-0.2, 0) is 4.74 Å². The Hall–Kier alpha value is -1.69. The van der Waals surface area contributed by atoms with Crippen molar-refractivity contribution in [2.45, 2.75) is 44.6 Å². The summed E-state index contributed by atoms with van der Waals surface area (Å²) in [6.07, 6.45) is 8.41. The number of carbonyl (C=O) groups is 1. The summed E-state index contributed by atoms with van der Waals surface area (Å²) in [7, 11) is 1.65. The van der Waals surface area contributed by atoms with E-state index in [0.717, 1.165) is 12.2 Å². The molecule has 0 atom stereocenters. The largest absolute Gasteiger partial charge is 0.385 e. The predicted octanol–water partition coefficient (Wildman–Crippen LogP) is 1.99. The summed E-state index contributed by atoms with van der Waals surface area (Å²) in [6.45, 7) is 1.22. The van der Waals surface area contributed by atoms with Crippen molar-refractivity contribution in [1.29, 1.82) is 0 Å². The van der Waals surface area contributed by atoms with Crippen LogP contribution in [0.25, 0.3) is 0 Å². The van der Waals surface area contributed by atoms with Gasteiger partial charge in [0.05, 0.1) is 0 Å². The number of aromatic nitrogens is 2. The Bertz CT molecular complexity index is 447. The molecular formula is C15H24N4O2. The number of anilines is 1. The van der Waals surface area contributed by atoms with Gasteiger partial charge in [-0.3, -0.25) is 4.79 Å². The lowest BCUT2D eigenvalue weighted by molar-refractivity contribution is 0.0943. The van der Waals surface area contributed by atoms with Crippen molar-refractivity contribution in [3.8, 4) is 0 Å². The molecular weight excluding hydrogens is 268 g/mol. The van der Waals surface area contributed by atoms with Gasteiger partial charge in [0, 0.05) is 32.4 Å². The summed E-state index contributed by atoms with van der Waals surface area (Å²) < 4.78 is 4.95. The lowest BCUT2D eigenvalue weighted by Gasteiger charge is -2.23. The Morgan fingerprint density at radius 1 is 1.33 bits per heavy atom. The Morgan fingerprint density at radius 3 is 2.90 bits per heavy atom. The van der Waals surface area contributed by atoms with Gasteiger partial charge in [-0.15, -0.1) is 0 Å². The molecule has 1 aromatic rings. The third kappa shape index (κ3) is 5.30. The molecule has 0 aromatic carbocycles.